The van der Waals surface area contributed by atoms with E-state index >= 15 is 0 Å². The van der Waals surface area contributed by atoms with E-state index in [4.69, 9.17) is 5.26 Å². The van der Waals surface area contributed by atoms with Crippen molar-refractivity contribution in [3.8, 4) is 6.07 Å². The van der Waals surface area contributed by atoms with Crippen molar-refractivity contribution in [2.75, 3.05) is 0 Å². The summed E-state index contributed by atoms with van der Waals surface area (Å²) in [7, 11) is 0. The van der Waals surface area contributed by atoms with E-state index < -0.39 is 11.6 Å². The van der Waals surface area contributed by atoms with E-state index in [0.717, 1.165) is 17.7 Å². The minimum atomic E-state index is -0.700. The molecule has 102 valence electrons. The molecule has 0 aliphatic rings. The Morgan fingerprint density at radius 2 is 1.75 bits per heavy atom. The lowest BCUT2D eigenvalue weighted by atomic mass is 10.1. The van der Waals surface area contributed by atoms with E-state index in [1.54, 1.807) is 6.07 Å². The fraction of sp³-hybridized carbons (Fsp3) is 0.188. The van der Waals surface area contributed by atoms with Gasteiger partial charge in [0.15, 0.2) is 0 Å². The molecule has 2 nitrogen and oxygen atoms in total. The number of nitrogens with one attached hydrogen (secondary N) is 1. The Bertz CT molecular complexity index is 610. The topological polar surface area (TPSA) is 35.8 Å². The summed E-state index contributed by atoms with van der Waals surface area (Å²) >= 11 is 0. The summed E-state index contributed by atoms with van der Waals surface area (Å²) in [5, 5.41) is 11.7. The second kappa shape index (κ2) is 6.27. The van der Waals surface area contributed by atoms with Crippen LogP contribution in [0.5, 0.6) is 0 Å². The van der Waals surface area contributed by atoms with Gasteiger partial charge in [-0.05, 0) is 24.6 Å². The van der Waals surface area contributed by atoms with Gasteiger partial charge in [0.05, 0.1) is 11.6 Å². The maximum atomic E-state index is 13.7. The third kappa shape index (κ3) is 3.19. The number of nitriles is 1. The van der Waals surface area contributed by atoms with Crippen LogP contribution in [0, 0.1) is 23.0 Å². The molecule has 0 spiro atoms. The van der Waals surface area contributed by atoms with Crippen molar-refractivity contribution in [3.05, 3.63) is 70.8 Å². The molecule has 0 amide bonds. The Morgan fingerprint density at radius 1 is 1.15 bits per heavy atom. The molecule has 0 radical (unpaired) electrons. The predicted octanol–water partition coefficient (Wildman–Crippen LogP) is 3.69. The number of halogens is 2. The summed E-state index contributed by atoms with van der Waals surface area (Å²) in [6.07, 6.45) is 0. The molecule has 0 heterocycles. The SMILES string of the molecule is CC(NCc1c(F)cc(C#N)cc1F)c1ccccc1. The first-order valence-corrected chi connectivity index (χ1v) is 6.28. The lowest BCUT2D eigenvalue weighted by molar-refractivity contribution is 0.509. The second-order valence-electron chi connectivity index (χ2n) is 4.54. The predicted molar refractivity (Wildman–Crippen MR) is 72.8 cm³/mol. The largest absolute Gasteiger partial charge is 0.306 e. The van der Waals surface area contributed by atoms with Crippen LogP contribution in [0.15, 0.2) is 42.5 Å². The summed E-state index contributed by atoms with van der Waals surface area (Å²) < 4.78 is 27.4. The molecule has 1 atom stereocenters. The first-order chi connectivity index (χ1) is 9.61. The zero-order valence-corrected chi connectivity index (χ0v) is 11.0. The van der Waals surface area contributed by atoms with Crippen LogP contribution >= 0.6 is 0 Å². The van der Waals surface area contributed by atoms with Crippen molar-refractivity contribution in [3.63, 3.8) is 0 Å². The summed E-state index contributed by atoms with van der Waals surface area (Å²) in [4.78, 5) is 0. The number of hydrogen-bond acceptors (Lipinski definition) is 2. The van der Waals surface area contributed by atoms with E-state index in [0.29, 0.717) is 0 Å². The smallest absolute Gasteiger partial charge is 0.131 e. The Labute approximate surface area is 116 Å². The van der Waals surface area contributed by atoms with Crippen molar-refractivity contribution < 1.29 is 8.78 Å². The van der Waals surface area contributed by atoms with Crippen molar-refractivity contribution in [2.45, 2.75) is 19.5 Å². The van der Waals surface area contributed by atoms with Gasteiger partial charge in [0.1, 0.15) is 11.6 Å². The average molecular weight is 272 g/mol. The molecule has 0 saturated carbocycles. The Balaban J connectivity index is 2.10. The van der Waals surface area contributed by atoms with Crippen LogP contribution in [-0.4, -0.2) is 0 Å². The standard InChI is InChI=1S/C16H14F2N2/c1-11(13-5-3-2-4-6-13)20-10-14-15(17)7-12(9-19)8-16(14)18/h2-8,11,20H,10H2,1H3. The molecular weight excluding hydrogens is 258 g/mol. The maximum Gasteiger partial charge on any atom is 0.131 e. The first kappa shape index (κ1) is 14.2. The Morgan fingerprint density at radius 3 is 2.30 bits per heavy atom. The zero-order chi connectivity index (χ0) is 14.5. The molecular formula is C16H14F2N2. The van der Waals surface area contributed by atoms with E-state index in [-0.39, 0.29) is 23.7 Å². The molecule has 0 saturated heterocycles. The van der Waals surface area contributed by atoms with E-state index in [2.05, 4.69) is 5.32 Å². The fourth-order valence-electron chi connectivity index (χ4n) is 1.95. The highest BCUT2D eigenvalue weighted by atomic mass is 19.1. The van der Waals surface area contributed by atoms with Gasteiger partial charge in [-0.3, -0.25) is 0 Å². The highest BCUT2D eigenvalue weighted by Crippen LogP contribution is 2.17. The van der Waals surface area contributed by atoms with Crippen LogP contribution in [0.1, 0.15) is 29.7 Å². The average Bonchev–Trinajstić information content (AvgIpc) is 2.46. The van der Waals surface area contributed by atoms with Gasteiger partial charge in [0.25, 0.3) is 0 Å². The Kier molecular flexibility index (Phi) is 4.44. The molecule has 0 aromatic heterocycles. The van der Waals surface area contributed by atoms with Gasteiger partial charge in [0.2, 0.25) is 0 Å². The molecule has 0 aliphatic carbocycles. The second-order valence-corrected chi connectivity index (χ2v) is 4.54. The number of rotatable bonds is 4. The van der Waals surface area contributed by atoms with Gasteiger partial charge in [-0.2, -0.15) is 5.26 Å². The lowest BCUT2D eigenvalue weighted by Gasteiger charge is -2.15. The molecule has 0 bridgehead atoms. The summed E-state index contributed by atoms with van der Waals surface area (Å²) in [5.41, 5.74) is 0.980. The van der Waals surface area contributed by atoms with Crippen molar-refractivity contribution in [2.24, 2.45) is 0 Å². The maximum absolute atomic E-state index is 13.7. The highest BCUT2D eigenvalue weighted by Gasteiger charge is 2.12. The number of benzene rings is 2. The Hall–Kier alpha value is -2.25. The van der Waals surface area contributed by atoms with Gasteiger partial charge in [0, 0.05) is 18.2 Å². The summed E-state index contributed by atoms with van der Waals surface area (Å²) in [5.74, 6) is -1.40. The minimum absolute atomic E-state index is 0.0140. The molecule has 0 aliphatic heterocycles. The third-order valence-electron chi connectivity index (χ3n) is 3.15. The monoisotopic (exact) mass is 272 g/mol. The van der Waals surface area contributed by atoms with Gasteiger partial charge >= 0.3 is 0 Å². The summed E-state index contributed by atoms with van der Waals surface area (Å²) in [6, 6.07) is 13.4. The van der Waals surface area contributed by atoms with Gasteiger partial charge in [-0.1, -0.05) is 30.3 Å². The van der Waals surface area contributed by atoms with Gasteiger partial charge < -0.3 is 5.32 Å². The molecule has 0 fully saturated rings. The van der Waals surface area contributed by atoms with Crippen LogP contribution in [0.4, 0.5) is 8.78 Å². The van der Waals surface area contributed by atoms with E-state index in [9.17, 15) is 8.78 Å². The zero-order valence-electron chi connectivity index (χ0n) is 11.0. The van der Waals surface area contributed by atoms with E-state index in [1.807, 2.05) is 37.3 Å². The molecule has 2 aromatic rings. The van der Waals surface area contributed by atoms with E-state index in [1.165, 1.54) is 0 Å². The van der Waals surface area contributed by atoms with Crippen LogP contribution in [0.25, 0.3) is 0 Å². The lowest BCUT2D eigenvalue weighted by Crippen LogP contribution is -2.19. The normalized spacial score (nSPS) is 11.9. The van der Waals surface area contributed by atoms with Crippen molar-refractivity contribution in [1.82, 2.24) is 5.32 Å². The minimum Gasteiger partial charge on any atom is -0.306 e. The molecule has 4 heteroatoms. The quantitative estimate of drug-likeness (QED) is 0.921. The fourth-order valence-corrected chi connectivity index (χ4v) is 1.95. The molecule has 20 heavy (non-hydrogen) atoms. The molecule has 1 unspecified atom stereocenters. The molecule has 2 aromatic carbocycles. The van der Waals surface area contributed by atoms with Crippen molar-refractivity contribution in [1.29, 1.82) is 5.26 Å². The van der Waals surface area contributed by atoms with Crippen LogP contribution < -0.4 is 5.32 Å². The molecule has 2 rings (SSSR count). The molecule has 1 N–H and O–H groups in total. The first-order valence-electron chi connectivity index (χ1n) is 6.28. The van der Waals surface area contributed by atoms with Crippen LogP contribution in [0.3, 0.4) is 0 Å². The van der Waals surface area contributed by atoms with Gasteiger partial charge in [-0.25, -0.2) is 8.78 Å². The van der Waals surface area contributed by atoms with Crippen molar-refractivity contribution >= 4 is 0 Å². The number of nitrogens with zero attached hydrogens (tertiary/aromatic N) is 1. The number of hydrogen-bond donors (Lipinski definition) is 1. The third-order valence-corrected chi connectivity index (χ3v) is 3.15. The van der Waals surface area contributed by atoms with Crippen LogP contribution in [0.2, 0.25) is 0 Å². The van der Waals surface area contributed by atoms with Gasteiger partial charge in [-0.15, -0.1) is 0 Å². The highest BCUT2D eigenvalue weighted by molar-refractivity contribution is 5.34. The summed E-state index contributed by atoms with van der Waals surface area (Å²) in [6.45, 7) is 1.99. The van der Waals surface area contributed by atoms with Crippen LogP contribution in [-0.2, 0) is 6.54 Å².